The first kappa shape index (κ1) is 22.1. The van der Waals surface area contributed by atoms with Crippen molar-refractivity contribution in [3.8, 4) is 0 Å². The quantitative estimate of drug-likeness (QED) is 0.267. The highest BCUT2D eigenvalue weighted by Gasteiger charge is 2.37. The lowest BCUT2D eigenvalue weighted by Crippen LogP contribution is -2.54. The number of amides is 4. The van der Waals surface area contributed by atoms with Crippen LogP contribution >= 0.6 is 27.5 Å². The molecule has 2 heterocycles. The van der Waals surface area contributed by atoms with Gasteiger partial charge in [0.05, 0.1) is 5.69 Å². The average molecular weight is 535 g/mol. The third kappa shape index (κ3) is 4.16. The lowest BCUT2D eigenvalue weighted by molar-refractivity contribution is -0.122. The van der Waals surface area contributed by atoms with E-state index in [1.165, 1.54) is 6.08 Å². The zero-order valence-electron chi connectivity index (χ0n) is 17.7. The molecule has 0 unspecified atom stereocenters. The summed E-state index contributed by atoms with van der Waals surface area (Å²) in [5.41, 5.74) is 2.97. The number of hydrogen-bond acceptors (Lipinski definition) is 3. The lowest BCUT2D eigenvalue weighted by Gasteiger charge is -2.26. The van der Waals surface area contributed by atoms with Crippen molar-refractivity contribution < 1.29 is 14.4 Å². The molecule has 4 amide bonds. The standard InChI is InChI=1S/C26H17BrClN3O3/c27-18-7-11-20(12-8-18)31-25(33)22(24(32)29-26(31)34)13-17-15-30(23-4-2-1-3-21(17)23)14-16-5-9-19(28)10-6-16/h1-13,15H,14H2,(H,29,32,34)/b22-13-. The number of nitrogens with zero attached hydrogens (tertiary/aromatic N) is 2. The Hall–Kier alpha value is -3.68. The van der Waals surface area contributed by atoms with Crippen molar-refractivity contribution in [1.82, 2.24) is 9.88 Å². The fourth-order valence-corrected chi connectivity index (χ4v) is 4.34. The second-order valence-electron chi connectivity index (χ2n) is 7.79. The number of halogens is 2. The summed E-state index contributed by atoms with van der Waals surface area (Å²) in [6, 6.07) is 21.3. The van der Waals surface area contributed by atoms with Gasteiger partial charge in [0.15, 0.2) is 0 Å². The van der Waals surface area contributed by atoms with E-state index in [9.17, 15) is 14.4 Å². The van der Waals surface area contributed by atoms with E-state index in [1.807, 2.05) is 59.3 Å². The highest BCUT2D eigenvalue weighted by Crippen LogP contribution is 2.28. The highest BCUT2D eigenvalue weighted by atomic mass is 79.9. The number of carbonyl (C=O) groups excluding carboxylic acids is 3. The molecule has 6 nitrogen and oxygen atoms in total. The minimum atomic E-state index is -0.778. The molecule has 0 radical (unpaired) electrons. The maximum absolute atomic E-state index is 13.2. The van der Waals surface area contributed by atoms with E-state index in [1.54, 1.807) is 24.3 Å². The van der Waals surface area contributed by atoms with Crippen molar-refractivity contribution in [3.05, 3.63) is 105 Å². The zero-order valence-corrected chi connectivity index (χ0v) is 20.0. The van der Waals surface area contributed by atoms with Gasteiger partial charge in [-0.2, -0.15) is 0 Å². The molecule has 1 N–H and O–H groups in total. The Morgan fingerprint density at radius 2 is 1.62 bits per heavy atom. The number of urea groups is 1. The fraction of sp³-hybridized carbons (Fsp3) is 0.0385. The van der Waals surface area contributed by atoms with E-state index in [2.05, 4.69) is 21.2 Å². The van der Waals surface area contributed by atoms with Crippen molar-refractivity contribution in [2.24, 2.45) is 0 Å². The number of rotatable bonds is 4. The Balaban J connectivity index is 1.56. The fourth-order valence-electron chi connectivity index (χ4n) is 3.95. The molecule has 3 aromatic carbocycles. The van der Waals surface area contributed by atoms with Crippen molar-refractivity contribution in [2.75, 3.05) is 4.90 Å². The molecule has 168 valence electrons. The van der Waals surface area contributed by atoms with Gasteiger partial charge in [0, 0.05) is 38.7 Å². The molecule has 0 atom stereocenters. The number of nitrogens with one attached hydrogen (secondary N) is 1. The van der Waals surface area contributed by atoms with E-state index in [0.29, 0.717) is 22.8 Å². The number of carbonyl (C=O) groups is 3. The molecule has 1 aliphatic heterocycles. The van der Waals surface area contributed by atoms with Gasteiger partial charge >= 0.3 is 6.03 Å². The molecule has 0 aliphatic carbocycles. The monoisotopic (exact) mass is 533 g/mol. The summed E-state index contributed by atoms with van der Waals surface area (Å²) in [5.74, 6) is -1.40. The second kappa shape index (κ2) is 8.93. The maximum Gasteiger partial charge on any atom is 0.335 e. The van der Waals surface area contributed by atoms with Crippen molar-refractivity contribution in [2.45, 2.75) is 6.54 Å². The van der Waals surface area contributed by atoms with Crippen LogP contribution in [-0.2, 0) is 16.1 Å². The van der Waals surface area contributed by atoms with Gasteiger partial charge in [-0.15, -0.1) is 0 Å². The molecular formula is C26H17BrClN3O3. The molecule has 0 bridgehead atoms. The lowest BCUT2D eigenvalue weighted by atomic mass is 10.1. The number of barbiturate groups is 1. The smallest absolute Gasteiger partial charge is 0.335 e. The molecule has 4 aromatic rings. The first-order valence-electron chi connectivity index (χ1n) is 10.4. The van der Waals surface area contributed by atoms with Crippen molar-refractivity contribution in [3.63, 3.8) is 0 Å². The molecule has 0 spiro atoms. The van der Waals surface area contributed by atoms with Crippen molar-refractivity contribution in [1.29, 1.82) is 0 Å². The summed E-state index contributed by atoms with van der Waals surface area (Å²) in [6.45, 7) is 0.588. The first-order chi connectivity index (χ1) is 16.4. The van der Waals surface area contributed by atoms with Gasteiger partial charge in [0.25, 0.3) is 11.8 Å². The normalized spacial score (nSPS) is 15.3. The minimum absolute atomic E-state index is 0.114. The summed E-state index contributed by atoms with van der Waals surface area (Å²) in [5, 5.41) is 3.82. The predicted molar refractivity (Wildman–Crippen MR) is 136 cm³/mol. The third-order valence-electron chi connectivity index (χ3n) is 5.57. The summed E-state index contributed by atoms with van der Waals surface area (Å²) in [7, 11) is 0. The maximum atomic E-state index is 13.2. The minimum Gasteiger partial charge on any atom is -0.342 e. The summed E-state index contributed by atoms with van der Waals surface area (Å²) in [6.07, 6.45) is 3.43. The Morgan fingerprint density at radius 1 is 0.912 bits per heavy atom. The first-order valence-corrected chi connectivity index (χ1v) is 11.6. The molecular weight excluding hydrogens is 518 g/mol. The van der Waals surface area contributed by atoms with E-state index in [-0.39, 0.29) is 5.57 Å². The number of hydrogen-bond donors (Lipinski definition) is 1. The number of benzene rings is 3. The van der Waals surface area contributed by atoms with Crippen LogP contribution in [0.4, 0.5) is 10.5 Å². The molecule has 34 heavy (non-hydrogen) atoms. The van der Waals surface area contributed by atoms with Gasteiger partial charge in [-0.1, -0.05) is 57.9 Å². The van der Waals surface area contributed by atoms with E-state index in [0.717, 1.165) is 25.8 Å². The third-order valence-corrected chi connectivity index (χ3v) is 6.35. The van der Waals surface area contributed by atoms with Gasteiger partial charge in [0.2, 0.25) is 0 Å². The van der Waals surface area contributed by atoms with Crippen LogP contribution < -0.4 is 10.2 Å². The number of imide groups is 2. The summed E-state index contributed by atoms with van der Waals surface area (Å²) >= 11 is 9.35. The van der Waals surface area contributed by atoms with Gasteiger partial charge in [-0.25, -0.2) is 9.69 Å². The van der Waals surface area contributed by atoms with Crippen LogP contribution in [0.15, 0.2) is 89.0 Å². The van der Waals surface area contributed by atoms with Gasteiger partial charge in [-0.05, 0) is 54.1 Å². The van der Waals surface area contributed by atoms with E-state index < -0.39 is 17.8 Å². The molecule has 1 saturated heterocycles. The van der Waals surface area contributed by atoms with Crippen LogP contribution in [0.25, 0.3) is 17.0 Å². The van der Waals surface area contributed by atoms with Crippen LogP contribution in [0.3, 0.4) is 0 Å². The topological polar surface area (TPSA) is 71.4 Å². The van der Waals surface area contributed by atoms with Crippen LogP contribution in [-0.4, -0.2) is 22.4 Å². The van der Waals surface area contributed by atoms with Crippen LogP contribution in [0.2, 0.25) is 5.02 Å². The van der Waals surface area contributed by atoms with E-state index >= 15 is 0 Å². The number of anilines is 1. The van der Waals surface area contributed by atoms with Crippen LogP contribution in [0.5, 0.6) is 0 Å². The molecule has 1 aromatic heterocycles. The summed E-state index contributed by atoms with van der Waals surface area (Å²) < 4.78 is 2.86. The molecule has 1 fully saturated rings. The average Bonchev–Trinajstić information content (AvgIpc) is 3.16. The number of aromatic nitrogens is 1. The van der Waals surface area contributed by atoms with Gasteiger partial charge in [0.1, 0.15) is 5.57 Å². The zero-order chi connectivity index (χ0) is 23.8. The number of fused-ring (bicyclic) bond motifs is 1. The molecule has 0 saturated carbocycles. The molecule has 5 rings (SSSR count). The highest BCUT2D eigenvalue weighted by molar-refractivity contribution is 9.10. The Bertz CT molecular complexity index is 1470. The van der Waals surface area contributed by atoms with Crippen LogP contribution in [0, 0.1) is 0 Å². The van der Waals surface area contributed by atoms with Gasteiger partial charge < -0.3 is 4.57 Å². The molecule has 1 aliphatic rings. The Labute approximate surface area is 208 Å². The largest absolute Gasteiger partial charge is 0.342 e. The SMILES string of the molecule is O=C1NC(=O)N(c2ccc(Br)cc2)C(=O)/C1=C\c1cn(Cc2ccc(Cl)cc2)c2ccccc12. The molecule has 8 heteroatoms. The van der Waals surface area contributed by atoms with Crippen molar-refractivity contribution >= 4 is 68.0 Å². The van der Waals surface area contributed by atoms with Crippen LogP contribution in [0.1, 0.15) is 11.1 Å². The van der Waals surface area contributed by atoms with Gasteiger partial charge in [-0.3, -0.25) is 14.9 Å². The van der Waals surface area contributed by atoms with E-state index in [4.69, 9.17) is 11.6 Å². The second-order valence-corrected chi connectivity index (χ2v) is 9.14. The summed E-state index contributed by atoms with van der Waals surface area (Å²) in [4.78, 5) is 39.3. The Kier molecular flexibility index (Phi) is 5.81. The predicted octanol–water partition coefficient (Wildman–Crippen LogP) is 5.77. The number of para-hydroxylation sites is 1. The Morgan fingerprint density at radius 3 is 2.35 bits per heavy atom.